The maximum atomic E-state index is 12.3. The average Bonchev–Trinajstić information content (AvgIpc) is 2.47. The van der Waals surface area contributed by atoms with E-state index in [9.17, 15) is 4.79 Å². The highest BCUT2D eigenvalue weighted by Gasteiger charge is 2.39. The fraction of sp³-hybridized carbons (Fsp3) is 0.562. The molecule has 0 spiro atoms. The number of methoxy groups -OCH3 is 1. The second-order valence-electron chi connectivity index (χ2n) is 4.95. The number of esters is 1. The monoisotopic (exact) mass is 295 g/mol. The van der Waals surface area contributed by atoms with E-state index in [1.807, 2.05) is 43.0 Å². The molecule has 1 rings (SSSR count). The molecular formula is C16H25NO2S. The van der Waals surface area contributed by atoms with Gasteiger partial charge in [0, 0.05) is 6.54 Å². The summed E-state index contributed by atoms with van der Waals surface area (Å²) in [5.74, 6) is 1.91. The Labute approximate surface area is 126 Å². The van der Waals surface area contributed by atoms with Crippen molar-refractivity contribution in [2.24, 2.45) is 5.73 Å². The smallest absolute Gasteiger partial charge is 0.317 e. The molecule has 20 heavy (non-hydrogen) atoms. The van der Waals surface area contributed by atoms with Crippen LogP contribution in [0.1, 0.15) is 30.9 Å². The molecule has 0 heterocycles. The van der Waals surface area contributed by atoms with E-state index in [1.165, 1.54) is 7.11 Å². The SMILES string of the molecule is CCSCCCC(CN)(C(=O)OC)c1cccc(C)c1. The normalized spacial score (nSPS) is 13.8. The number of hydrogen-bond acceptors (Lipinski definition) is 4. The van der Waals surface area contributed by atoms with Crippen molar-refractivity contribution >= 4 is 17.7 Å². The van der Waals surface area contributed by atoms with E-state index in [1.54, 1.807) is 0 Å². The predicted octanol–water partition coefficient (Wildman–Crippen LogP) is 2.90. The summed E-state index contributed by atoms with van der Waals surface area (Å²) in [6.45, 7) is 4.44. The Balaban J connectivity index is 3.02. The Morgan fingerprint density at radius 3 is 2.75 bits per heavy atom. The van der Waals surface area contributed by atoms with Crippen LogP contribution in [0.15, 0.2) is 24.3 Å². The first-order chi connectivity index (χ1) is 9.60. The molecule has 0 bridgehead atoms. The van der Waals surface area contributed by atoms with E-state index >= 15 is 0 Å². The third kappa shape index (κ3) is 4.00. The first-order valence-electron chi connectivity index (χ1n) is 7.04. The van der Waals surface area contributed by atoms with Crippen molar-refractivity contribution in [3.63, 3.8) is 0 Å². The van der Waals surface area contributed by atoms with Gasteiger partial charge in [-0.15, -0.1) is 0 Å². The van der Waals surface area contributed by atoms with Crippen molar-refractivity contribution in [2.45, 2.75) is 32.1 Å². The molecule has 0 saturated carbocycles. The molecule has 2 N–H and O–H groups in total. The first-order valence-corrected chi connectivity index (χ1v) is 8.19. The van der Waals surface area contributed by atoms with Gasteiger partial charge < -0.3 is 10.5 Å². The Hall–Kier alpha value is -1.00. The van der Waals surface area contributed by atoms with Gasteiger partial charge in [0.1, 0.15) is 5.41 Å². The van der Waals surface area contributed by atoms with Gasteiger partial charge in [-0.2, -0.15) is 11.8 Å². The molecule has 112 valence electrons. The zero-order valence-electron chi connectivity index (χ0n) is 12.6. The number of rotatable bonds is 8. The van der Waals surface area contributed by atoms with Crippen LogP contribution in [0.4, 0.5) is 0 Å². The molecular weight excluding hydrogens is 270 g/mol. The molecule has 0 radical (unpaired) electrons. The lowest BCUT2D eigenvalue weighted by atomic mass is 9.76. The lowest BCUT2D eigenvalue weighted by Crippen LogP contribution is -2.44. The highest BCUT2D eigenvalue weighted by molar-refractivity contribution is 7.99. The lowest BCUT2D eigenvalue weighted by Gasteiger charge is -2.30. The summed E-state index contributed by atoms with van der Waals surface area (Å²) in [6.07, 6.45) is 1.69. The molecule has 3 nitrogen and oxygen atoms in total. The van der Waals surface area contributed by atoms with Gasteiger partial charge in [-0.3, -0.25) is 4.79 Å². The number of carbonyl (C=O) groups is 1. The summed E-state index contributed by atoms with van der Waals surface area (Å²) in [4.78, 5) is 12.3. The Kier molecular flexibility index (Phi) is 7.10. The van der Waals surface area contributed by atoms with E-state index in [2.05, 4.69) is 6.92 Å². The molecule has 1 atom stereocenters. The van der Waals surface area contributed by atoms with Crippen LogP contribution in [0.25, 0.3) is 0 Å². The number of benzene rings is 1. The van der Waals surface area contributed by atoms with Gasteiger partial charge in [-0.05, 0) is 36.8 Å². The first kappa shape index (κ1) is 17.1. The molecule has 1 unspecified atom stereocenters. The largest absolute Gasteiger partial charge is 0.468 e. The van der Waals surface area contributed by atoms with Crippen LogP contribution in [-0.4, -0.2) is 31.1 Å². The summed E-state index contributed by atoms with van der Waals surface area (Å²) in [6, 6.07) is 8.01. The third-order valence-electron chi connectivity index (χ3n) is 3.59. The Morgan fingerprint density at radius 2 is 2.20 bits per heavy atom. The van der Waals surface area contributed by atoms with Crippen LogP contribution in [0, 0.1) is 6.92 Å². The lowest BCUT2D eigenvalue weighted by molar-refractivity contribution is -0.147. The number of aryl methyl sites for hydroxylation is 1. The fourth-order valence-corrected chi connectivity index (χ4v) is 3.06. The highest BCUT2D eigenvalue weighted by Crippen LogP contribution is 2.31. The Morgan fingerprint density at radius 1 is 1.45 bits per heavy atom. The van der Waals surface area contributed by atoms with E-state index in [-0.39, 0.29) is 12.5 Å². The van der Waals surface area contributed by atoms with Crippen molar-refractivity contribution in [3.8, 4) is 0 Å². The van der Waals surface area contributed by atoms with Gasteiger partial charge in [0.15, 0.2) is 0 Å². The van der Waals surface area contributed by atoms with Crippen molar-refractivity contribution in [1.82, 2.24) is 0 Å². The van der Waals surface area contributed by atoms with Crippen LogP contribution in [-0.2, 0) is 14.9 Å². The van der Waals surface area contributed by atoms with Crippen LogP contribution >= 0.6 is 11.8 Å². The van der Waals surface area contributed by atoms with Gasteiger partial charge in [-0.1, -0.05) is 36.8 Å². The fourth-order valence-electron chi connectivity index (χ4n) is 2.43. The number of nitrogens with two attached hydrogens (primary N) is 1. The zero-order chi connectivity index (χ0) is 15.0. The zero-order valence-corrected chi connectivity index (χ0v) is 13.5. The van der Waals surface area contributed by atoms with E-state index in [0.717, 1.165) is 35.5 Å². The third-order valence-corrected chi connectivity index (χ3v) is 4.58. The molecule has 0 aliphatic carbocycles. The quantitative estimate of drug-likeness (QED) is 0.592. The topological polar surface area (TPSA) is 52.3 Å². The maximum absolute atomic E-state index is 12.3. The molecule has 4 heteroatoms. The minimum Gasteiger partial charge on any atom is -0.468 e. The molecule has 0 aromatic heterocycles. The molecule has 1 aromatic carbocycles. The van der Waals surface area contributed by atoms with E-state index in [0.29, 0.717) is 0 Å². The Bertz CT molecular complexity index is 436. The molecule has 1 aromatic rings. The number of thioether (sulfide) groups is 1. The molecule has 0 aliphatic heterocycles. The maximum Gasteiger partial charge on any atom is 0.317 e. The molecule has 0 saturated heterocycles. The summed E-state index contributed by atoms with van der Waals surface area (Å²) in [5, 5.41) is 0. The minimum atomic E-state index is -0.713. The number of carbonyl (C=O) groups excluding carboxylic acids is 1. The molecule has 0 aliphatic rings. The van der Waals surface area contributed by atoms with Crippen LogP contribution in [0.5, 0.6) is 0 Å². The summed E-state index contributed by atoms with van der Waals surface area (Å²) in [7, 11) is 1.43. The highest BCUT2D eigenvalue weighted by atomic mass is 32.2. The molecule has 0 amide bonds. The second kappa shape index (κ2) is 8.32. The summed E-state index contributed by atoms with van der Waals surface area (Å²) >= 11 is 1.88. The van der Waals surface area contributed by atoms with Crippen LogP contribution in [0.2, 0.25) is 0 Å². The number of hydrogen-bond donors (Lipinski definition) is 1. The van der Waals surface area contributed by atoms with Crippen molar-refractivity contribution in [1.29, 1.82) is 0 Å². The molecule has 0 fully saturated rings. The van der Waals surface area contributed by atoms with Gasteiger partial charge in [-0.25, -0.2) is 0 Å². The summed E-state index contributed by atoms with van der Waals surface area (Å²) in [5.41, 5.74) is 7.36. The van der Waals surface area contributed by atoms with Crippen LogP contribution < -0.4 is 5.73 Å². The minimum absolute atomic E-state index is 0.230. The van der Waals surface area contributed by atoms with E-state index < -0.39 is 5.41 Å². The van der Waals surface area contributed by atoms with E-state index in [4.69, 9.17) is 10.5 Å². The standard InChI is InChI=1S/C16H25NO2S/c1-4-20-10-6-9-16(12-17,15(18)19-3)14-8-5-7-13(2)11-14/h5,7-8,11H,4,6,9-10,12,17H2,1-3H3. The average molecular weight is 295 g/mol. The van der Waals surface area contributed by atoms with Gasteiger partial charge >= 0.3 is 5.97 Å². The van der Waals surface area contributed by atoms with Crippen molar-refractivity contribution < 1.29 is 9.53 Å². The summed E-state index contributed by atoms with van der Waals surface area (Å²) < 4.78 is 5.03. The van der Waals surface area contributed by atoms with Crippen molar-refractivity contribution in [3.05, 3.63) is 35.4 Å². The second-order valence-corrected chi connectivity index (χ2v) is 6.34. The van der Waals surface area contributed by atoms with Gasteiger partial charge in [0.05, 0.1) is 7.11 Å². The van der Waals surface area contributed by atoms with Crippen molar-refractivity contribution in [2.75, 3.05) is 25.2 Å². The predicted molar refractivity (Wildman–Crippen MR) is 86.2 cm³/mol. The van der Waals surface area contributed by atoms with Gasteiger partial charge in [0.2, 0.25) is 0 Å². The van der Waals surface area contributed by atoms with Gasteiger partial charge in [0.25, 0.3) is 0 Å². The number of ether oxygens (including phenoxy) is 1. The van der Waals surface area contributed by atoms with Crippen LogP contribution in [0.3, 0.4) is 0 Å².